The van der Waals surface area contributed by atoms with Crippen LogP contribution in [-0.2, 0) is 4.79 Å². The number of benzene rings is 2. The van der Waals surface area contributed by atoms with Gasteiger partial charge in [-0.05, 0) is 18.2 Å². The number of amidine groups is 1. The molecule has 26 heavy (non-hydrogen) atoms. The highest BCUT2D eigenvalue weighted by Gasteiger charge is 2.17. The maximum Gasteiger partial charge on any atom is 0.354 e. The molecule has 2 aromatic rings. The minimum absolute atomic E-state index is 0.165. The Kier molecular flexibility index (Phi) is 5.40. The molecule has 3 N–H and O–H groups in total. The topological polar surface area (TPSA) is 107 Å². The van der Waals surface area contributed by atoms with E-state index in [0.29, 0.717) is 16.5 Å². The number of rotatable bonds is 4. The number of hydrogen-bond donors (Lipinski definition) is 3. The number of fused-ring (bicyclic) bond motifs is 1. The molecule has 2 aromatic carbocycles. The predicted octanol–water partition coefficient (Wildman–Crippen LogP) is 2.24. The van der Waals surface area contributed by atoms with Crippen LogP contribution in [0.1, 0.15) is 11.1 Å². The van der Waals surface area contributed by atoms with Crippen LogP contribution in [0.5, 0.6) is 0 Å². The van der Waals surface area contributed by atoms with E-state index in [-0.39, 0.29) is 6.54 Å². The van der Waals surface area contributed by atoms with E-state index in [4.69, 9.17) is 21.8 Å². The SMILES string of the molecule is O=C(O)C(CO)=NNC1=Nc2ccc(Cl)cc2C(c2ccccc2)=NC1. The minimum Gasteiger partial charge on any atom is -0.477 e. The summed E-state index contributed by atoms with van der Waals surface area (Å²) in [5.74, 6) is -0.957. The van der Waals surface area contributed by atoms with Crippen molar-refractivity contribution in [2.45, 2.75) is 0 Å². The van der Waals surface area contributed by atoms with Crippen LogP contribution in [0.2, 0.25) is 5.02 Å². The zero-order valence-electron chi connectivity index (χ0n) is 13.6. The second kappa shape index (κ2) is 7.90. The summed E-state index contributed by atoms with van der Waals surface area (Å²) in [5, 5.41) is 22.2. The van der Waals surface area contributed by atoms with Gasteiger partial charge in [-0.2, -0.15) is 5.10 Å². The lowest BCUT2D eigenvalue weighted by Gasteiger charge is -2.08. The van der Waals surface area contributed by atoms with Gasteiger partial charge in [0.1, 0.15) is 5.84 Å². The van der Waals surface area contributed by atoms with Gasteiger partial charge in [-0.15, -0.1) is 0 Å². The van der Waals surface area contributed by atoms with Crippen molar-refractivity contribution < 1.29 is 15.0 Å². The minimum atomic E-state index is -1.31. The van der Waals surface area contributed by atoms with Gasteiger partial charge in [-0.1, -0.05) is 41.9 Å². The standard InChI is InChI=1S/C18H15ClN4O3/c19-12-6-7-14-13(8-12)17(11-4-2-1-3-5-11)20-9-16(21-14)23-22-15(10-24)18(25)26/h1-8,24H,9-10H2,(H,21,23)(H,25,26). The molecule has 0 aliphatic carbocycles. The van der Waals surface area contributed by atoms with Crippen LogP contribution in [0.25, 0.3) is 0 Å². The molecule has 1 aliphatic heterocycles. The van der Waals surface area contributed by atoms with Crippen molar-refractivity contribution in [2.24, 2.45) is 15.1 Å². The fourth-order valence-electron chi connectivity index (χ4n) is 2.40. The molecule has 0 radical (unpaired) electrons. The molecule has 0 spiro atoms. The normalized spacial score (nSPS) is 14.0. The molecule has 132 valence electrons. The average molecular weight is 371 g/mol. The summed E-state index contributed by atoms with van der Waals surface area (Å²) in [7, 11) is 0. The Morgan fingerprint density at radius 1 is 1.23 bits per heavy atom. The third-order valence-electron chi connectivity index (χ3n) is 3.62. The van der Waals surface area contributed by atoms with Crippen molar-refractivity contribution in [3.05, 3.63) is 64.7 Å². The van der Waals surface area contributed by atoms with E-state index >= 15 is 0 Å². The molecule has 0 unspecified atom stereocenters. The molecule has 0 saturated carbocycles. The van der Waals surface area contributed by atoms with Gasteiger partial charge in [0.25, 0.3) is 0 Å². The fourth-order valence-corrected chi connectivity index (χ4v) is 2.57. The summed E-state index contributed by atoms with van der Waals surface area (Å²) in [6, 6.07) is 14.9. The Balaban J connectivity index is 2.01. The highest BCUT2D eigenvalue weighted by atomic mass is 35.5. The van der Waals surface area contributed by atoms with Crippen LogP contribution in [0, 0.1) is 0 Å². The van der Waals surface area contributed by atoms with Crippen molar-refractivity contribution >= 4 is 40.5 Å². The van der Waals surface area contributed by atoms with E-state index in [2.05, 4.69) is 20.5 Å². The van der Waals surface area contributed by atoms with Gasteiger partial charge in [0.05, 0.1) is 24.6 Å². The Labute approximate surface area is 154 Å². The van der Waals surface area contributed by atoms with E-state index in [0.717, 1.165) is 16.8 Å². The largest absolute Gasteiger partial charge is 0.477 e. The Bertz CT molecular complexity index is 923. The van der Waals surface area contributed by atoms with Crippen LogP contribution in [0.3, 0.4) is 0 Å². The summed E-state index contributed by atoms with van der Waals surface area (Å²) in [6.07, 6.45) is 0. The number of halogens is 1. The quantitative estimate of drug-likeness (QED) is 0.566. The Morgan fingerprint density at radius 2 is 2.00 bits per heavy atom. The molecule has 0 aromatic heterocycles. The smallest absolute Gasteiger partial charge is 0.354 e. The van der Waals surface area contributed by atoms with Crippen molar-refractivity contribution in [1.82, 2.24) is 5.43 Å². The molecule has 3 rings (SSSR count). The first-order valence-corrected chi connectivity index (χ1v) is 8.10. The van der Waals surface area contributed by atoms with E-state index in [1.807, 2.05) is 30.3 Å². The molecule has 7 nitrogen and oxygen atoms in total. The number of nitrogens with one attached hydrogen (secondary N) is 1. The molecule has 8 heteroatoms. The Hall–Kier alpha value is -3.03. The maximum absolute atomic E-state index is 10.9. The van der Waals surface area contributed by atoms with E-state index in [1.165, 1.54) is 0 Å². The molecular weight excluding hydrogens is 356 g/mol. The molecule has 0 amide bonds. The summed E-state index contributed by atoms with van der Waals surface area (Å²) in [4.78, 5) is 20.0. The molecule has 1 aliphatic rings. The van der Waals surface area contributed by atoms with Gasteiger partial charge in [0, 0.05) is 16.1 Å². The predicted molar refractivity (Wildman–Crippen MR) is 101 cm³/mol. The first-order chi connectivity index (χ1) is 12.6. The van der Waals surface area contributed by atoms with Gasteiger partial charge >= 0.3 is 5.97 Å². The number of nitrogens with zero attached hydrogens (tertiary/aromatic N) is 3. The number of hydrogen-bond acceptors (Lipinski definition) is 6. The van der Waals surface area contributed by atoms with Crippen molar-refractivity contribution in [1.29, 1.82) is 0 Å². The van der Waals surface area contributed by atoms with E-state index in [1.54, 1.807) is 18.2 Å². The number of carboxylic acids is 1. The summed E-state index contributed by atoms with van der Waals surface area (Å²) in [5.41, 5.74) is 5.21. The summed E-state index contributed by atoms with van der Waals surface area (Å²) >= 11 is 6.14. The van der Waals surface area contributed by atoms with Crippen LogP contribution in [0.4, 0.5) is 5.69 Å². The lowest BCUT2D eigenvalue weighted by molar-refractivity contribution is -0.129. The first kappa shape index (κ1) is 17.8. The number of carbonyl (C=O) groups is 1. The monoisotopic (exact) mass is 370 g/mol. The summed E-state index contributed by atoms with van der Waals surface area (Å²) in [6.45, 7) is -0.529. The van der Waals surface area contributed by atoms with Crippen LogP contribution >= 0.6 is 11.6 Å². The van der Waals surface area contributed by atoms with Gasteiger partial charge in [-0.25, -0.2) is 9.79 Å². The fraction of sp³-hybridized carbons (Fsp3) is 0.111. The molecule has 0 bridgehead atoms. The number of carboxylic acid groups (broad SMARTS) is 1. The number of aliphatic hydroxyl groups excluding tert-OH is 1. The van der Waals surface area contributed by atoms with Crippen molar-refractivity contribution in [2.75, 3.05) is 13.2 Å². The van der Waals surface area contributed by atoms with Gasteiger partial charge in [0.2, 0.25) is 0 Å². The lowest BCUT2D eigenvalue weighted by Crippen LogP contribution is -2.26. The van der Waals surface area contributed by atoms with E-state index < -0.39 is 18.3 Å². The van der Waals surface area contributed by atoms with Crippen LogP contribution in [0.15, 0.2) is 63.6 Å². The van der Waals surface area contributed by atoms with Crippen LogP contribution < -0.4 is 5.43 Å². The van der Waals surface area contributed by atoms with Gasteiger partial charge < -0.3 is 10.2 Å². The number of hydrazone groups is 1. The molecule has 0 saturated heterocycles. The summed E-state index contributed by atoms with van der Waals surface area (Å²) < 4.78 is 0. The third kappa shape index (κ3) is 3.96. The zero-order valence-corrected chi connectivity index (χ0v) is 14.3. The highest BCUT2D eigenvalue weighted by Crippen LogP contribution is 2.28. The second-order valence-electron chi connectivity index (χ2n) is 5.38. The molecule has 1 heterocycles. The Morgan fingerprint density at radius 3 is 2.69 bits per heavy atom. The zero-order chi connectivity index (χ0) is 18.5. The molecular formula is C18H15ClN4O3. The van der Waals surface area contributed by atoms with Crippen LogP contribution in [-0.4, -0.2) is 46.6 Å². The second-order valence-corrected chi connectivity index (χ2v) is 5.82. The van der Waals surface area contributed by atoms with E-state index in [9.17, 15) is 4.79 Å². The molecule has 0 fully saturated rings. The first-order valence-electron chi connectivity index (χ1n) is 7.72. The van der Waals surface area contributed by atoms with Gasteiger partial charge in [0.15, 0.2) is 5.71 Å². The van der Waals surface area contributed by atoms with Crippen molar-refractivity contribution in [3.63, 3.8) is 0 Å². The maximum atomic E-state index is 10.9. The highest BCUT2D eigenvalue weighted by molar-refractivity contribution is 6.36. The lowest BCUT2D eigenvalue weighted by atomic mass is 10.0. The van der Waals surface area contributed by atoms with Gasteiger partial charge in [-0.3, -0.25) is 10.4 Å². The average Bonchev–Trinajstić information content (AvgIpc) is 2.82. The molecule has 0 atom stereocenters. The number of aliphatic hydroxyl groups is 1. The number of aliphatic carboxylic acids is 1. The third-order valence-corrected chi connectivity index (χ3v) is 3.85. The number of aliphatic imine (C=N–C) groups is 2. The van der Waals surface area contributed by atoms with Crippen molar-refractivity contribution in [3.8, 4) is 0 Å².